The predicted molar refractivity (Wildman–Crippen MR) is 100 cm³/mol. The fourth-order valence-corrected chi connectivity index (χ4v) is 3.71. The van der Waals surface area contributed by atoms with E-state index < -0.39 is 0 Å². The number of amides is 1. The number of rotatable bonds is 5. The summed E-state index contributed by atoms with van der Waals surface area (Å²) >= 11 is 7.53. The summed E-state index contributed by atoms with van der Waals surface area (Å²) in [6.45, 7) is 1.31. The Morgan fingerprint density at radius 3 is 2.92 bits per heavy atom. The Hall–Kier alpha value is -2.15. The summed E-state index contributed by atoms with van der Waals surface area (Å²) in [4.78, 5) is 13.2. The van der Waals surface area contributed by atoms with Crippen molar-refractivity contribution < 1.29 is 4.79 Å². The van der Waals surface area contributed by atoms with Gasteiger partial charge in [0.15, 0.2) is 0 Å². The van der Waals surface area contributed by atoms with Crippen molar-refractivity contribution in [2.75, 3.05) is 13.1 Å². The third-order valence-corrected chi connectivity index (χ3v) is 5.34. The summed E-state index contributed by atoms with van der Waals surface area (Å²) in [6, 6.07) is 13.7. The van der Waals surface area contributed by atoms with Crippen LogP contribution in [0.15, 0.2) is 47.8 Å². The molecule has 7 heteroatoms. The average Bonchev–Trinajstić information content (AvgIpc) is 3.28. The number of benzene rings is 1. The van der Waals surface area contributed by atoms with E-state index in [2.05, 4.69) is 15.7 Å². The summed E-state index contributed by atoms with van der Waals surface area (Å²) in [5.74, 6) is -0.0777. The first-order valence-corrected chi connectivity index (χ1v) is 9.36. The second-order valence-electron chi connectivity index (χ2n) is 5.89. The van der Waals surface area contributed by atoms with E-state index in [1.807, 2.05) is 47.8 Å². The molecule has 3 aromatic rings. The Labute approximate surface area is 154 Å². The highest BCUT2D eigenvalue weighted by atomic mass is 35.5. The number of hydrogen-bond acceptors (Lipinski definition) is 4. The molecule has 0 bridgehead atoms. The molecule has 0 saturated heterocycles. The van der Waals surface area contributed by atoms with Gasteiger partial charge in [-0.25, -0.2) is 4.68 Å². The summed E-state index contributed by atoms with van der Waals surface area (Å²) < 4.78 is 1.80. The second-order valence-corrected chi connectivity index (χ2v) is 7.28. The van der Waals surface area contributed by atoms with E-state index in [1.165, 1.54) is 5.56 Å². The third kappa shape index (κ3) is 3.46. The first-order valence-electron chi connectivity index (χ1n) is 8.10. The van der Waals surface area contributed by atoms with Crippen LogP contribution in [0.4, 0.5) is 0 Å². The molecule has 4 rings (SSSR count). The molecule has 1 aliphatic rings. The fraction of sp³-hybridized carbons (Fsp3) is 0.222. The predicted octanol–water partition coefficient (Wildman–Crippen LogP) is 3.34. The highest BCUT2D eigenvalue weighted by Crippen LogP contribution is 2.26. The Morgan fingerprint density at radius 2 is 2.16 bits per heavy atom. The van der Waals surface area contributed by atoms with Crippen LogP contribution >= 0.6 is 22.9 Å². The summed E-state index contributed by atoms with van der Waals surface area (Å²) in [5, 5.41) is 13.8. The standard InChI is InChI=1S/C18H17ClN4OS/c19-13-5-3-12(4-6-13)7-8-20-17-11-21-18(24)15-10-14(22-23(15)17)16-2-1-9-25-16/h1-6,9-10,17,20H,7-8,11H2,(H,21,24). The number of nitrogens with zero attached hydrogens (tertiary/aromatic N) is 2. The Morgan fingerprint density at radius 1 is 1.32 bits per heavy atom. The molecule has 0 spiro atoms. The van der Waals surface area contributed by atoms with Crippen LogP contribution in [0.25, 0.3) is 10.6 Å². The van der Waals surface area contributed by atoms with Crippen LogP contribution in [0.3, 0.4) is 0 Å². The van der Waals surface area contributed by atoms with Gasteiger partial charge in [0.25, 0.3) is 5.91 Å². The molecule has 2 N–H and O–H groups in total. The van der Waals surface area contributed by atoms with Gasteiger partial charge in [-0.2, -0.15) is 5.10 Å². The van der Waals surface area contributed by atoms with Crippen molar-refractivity contribution in [2.45, 2.75) is 12.6 Å². The molecule has 1 amide bonds. The largest absolute Gasteiger partial charge is 0.347 e. The molecule has 1 unspecified atom stereocenters. The lowest BCUT2D eigenvalue weighted by atomic mass is 10.1. The highest BCUT2D eigenvalue weighted by Gasteiger charge is 2.27. The quantitative estimate of drug-likeness (QED) is 0.722. The van der Waals surface area contributed by atoms with E-state index in [0.717, 1.165) is 28.6 Å². The number of carbonyl (C=O) groups is 1. The highest BCUT2D eigenvalue weighted by molar-refractivity contribution is 7.13. The lowest BCUT2D eigenvalue weighted by molar-refractivity contribution is 0.0901. The van der Waals surface area contributed by atoms with Gasteiger partial charge in [-0.1, -0.05) is 29.8 Å². The molecule has 5 nitrogen and oxygen atoms in total. The van der Waals surface area contributed by atoms with Crippen LogP contribution in [0.1, 0.15) is 22.2 Å². The van der Waals surface area contributed by atoms with Crippen molar-refractivity contribution in [3.8, 4) is 10.6 Å². The van der Waals surface area contributed by atoms with E-state index in [-0.39, 0.29) is 12.1 Å². The fourth-order valence-electron chi connectivity index (χ4n) is 2.91. The van der Waals surface area contributed by atoms with Gasteiger partial charge in [0.2, 0.25) is 0 Å². The summed E-state index contributed by atoms with van der Waals surface area (Å²) in [7, 11) is 0. The zero-order valence-corrected chi connectivity index (χ0v) is 15.0. The van der Waals surface area contributed by atoms with Crippen LogP contribution < -0.4 is 10.6 Å². The summed E-state index contributed by atoms with van der Waals surface area (Å²) in [5.41, 5.74) is 2.65. The molecule has 128 valence electrons. The van der Waals surface area contributed by atoms with Crippen LogP contribution in [0, 0.1) is 0 Å². The number of nitrogens with one attached hydrogen (secondary N) is 2. The van der Waals surface area contributed by atoms with E-state index in [1.54, 1.807) is 16.0 Å². The topological polar surface area (TPSA) is 59.0 Å². The zero-order valence-electron chi connectivity index (χ0n) is 13.4. The van der Waals surface area contributed by atoms with Gasteiger partial charge in [0.05, 0.1) is 11.4 Å². The van der Waals surface area contributed by atoms with E-state index >= 15 is 0 Å². The number of hydrogen-bond donors (Lipinski definition) is 2. The molecular weight excluding hydrogens is 356 g/mol. The van der Waals surface area contributed by atoms with E-state index in [9.17, 15) is 4.79 Å². The second kappa shape index (κ2) is 7.00. The van der Waals surface area contributed by atoms with Crippen LogP contribution in [-0.4, -0.2) is 28.8 Å². The zero-order chi connectivity index (χ0) is 17.2. The number of fused-ring (bicyclic) bond motifs is 1. The number of carbonyl (C=O) groups excluding carboxylic acids is 1. The van der Waals surface area contributed by atoms with Crippen molar-refractivity contribution >= 4 is 28.8 Å². The first-order chi connectivity index (χ1) is 12.2. The molecule has 1 atom stereocenters. The minimum absolute atomic E-state index is 0.0475. The number of aromatic nitrogens is 2. The maximum Gasteiger partial charge on any atom is 0.269 e. The smallest absolute Gasteiger partial charge is 0.269 e. The van der Waals surface area contributed by atoms with Gasteiger partial charge >= 0.3 is 0 Å². The lowest BCUT2D eigenvalue weighted by Crippen LogP contribution is -2.45. The summed E-state index contributed by atoms with van der Waals surface area (Å²) in [6.07, 6.45) is 0.837. The molecule has 0 radical (unpaired) electrons. The minimum atomic E-state index is -0.0777. The van der Waals surface area contributed by atoms with E-state index in [4.69, 9.17) is 11.6 Å². The lowest BCUT2D eigenvalue weighted by Gasteiger charge is -2.25. The van der Waals surface area contributed by atoms with Crippen molar-refractivity contribution in [3.05, 3.63) is 64.1 Å². The Bertz CT molecular complexity index is 873. The molecule has 0 saturated carbocycles. The normalized spacial score (nSPS) is 16.5. The molecule has 3 heterocycles. The van der Waals surface area contributed by atoms with Crippen LogP contribution in [0.5, 0.6) is 0 Å². The van der Waals surface area contributed by atoms with Gasteiger partial charge in [-0.15, -0.1) is 11.3 Å². The third-order valence-electron chi connectivity index (χ3n) is 4.20. The van der Waals surface area contributed by atoms with Crippen molar-refractivity contribution in [2.24, 2.45) is 0 Å². The average molecular weight is 373 g/mol. The van der Waals surface area contributed by atoms with Gasteiger partial charge in [-0.3, -0.25) is 10.1 Å². The number of halogens is 1. The Balaban J connectivity index is 1.47. The molecule has 0 aliphatic carbocycles. The SMILES string of the molecule is O=C1NCC(NCCc2ccc(Cl)cc2)n2nc(-c3cccs3)cc21. The first kappa shape index (κ1) is 16.3. The van der Waals surface area contributed by atoms with Crippen LogP contribution in [0.2, 0.25) is 5.02 Å². The maximum atomic E-state index is 12.1. The maximum absolute atomic E-state index is 12.1. The Kier molecular flexibility index (Phi) is 4.57. The van der Waals surface area contributed by atoms with Crippen molar-refractivity contribution in [1.29, 1.82) is 0 Å². The van der Waals surface area contributed by atoms with Gasteiger partial charge in [0.1, 0.15) is 17.6 Å². The van der Waals surface area contributed by atoms with Crippen LogP contribution in [-0.2, 0) is 6.42 Å². The van der Waals surface area contributed by atoms with Gasteiger partial charge in [0, 0.05) is 11.6 Å². The minimum Gasteiger partial charge on any atom is -0.347 e. The van der Waals surface area contributed by atoms with Crippen molar-refractivity contribution in [3.63, 3.8) is 0 Å². The number of thiophene rings is 1. The molecular formula is C18H17ClN4OS. The van der Waals surface area contributed by atoms with E-state index in [0.29, 0.717) is 12.2 Å². The molecule has 25 heavy (non-hydrogen) atoms. The molecule has 2 aromatic heterocycles. The molecule has 1 aliphatic heterocycles. The monoisotopic (exact) mass is 372 g/mol. The van der Waals surface area contributed by atoms with Gasteiger partial charge in [-0.05, 0) is 41.6 Å². The van der Waals surface area contributed by atoms with Gasteiger partial charge < -0.3 is 5.32 Å². The van der Waals surface area contributed by atoms with Crippen molar-refractivity contribution in [1.82, 2.24) is 20.4 Å². The molecule has 1 aromatic carbocycles. The molecule has 0 fully saturated rings.